The molecule has 5 nitrogen and oxygen atoms in total. The predicted octanol–water partition coefficient (Wildman–Crippen LogP) is 4.55. The van der Waals surface area contributed by atoms with Crippen LogP contribution in [0.25, 0.3) is 0 Å². The minimum atomic E-state index is -1.11. The number of phenols is 1. The van der Waals surface area contributed by atoms with Gasteiger partial charge in [0.15, 0.2) is 0 Å². The van der Waals surface area contributed by atoms with Crippen LogP contribution in [0.2, 0.25) is 0 Å². The SMILES string of the molecule is Cc1cc(C)cc(NC(=O)C(OC(=O)c2ccc(O)cc2)c2ccccc2)c1. The molecule has 0 aliphatic rings. The molecule has 0 bridgehead atoms. The zero-order valence-electron chi connectivity index (χ0n) is 15.7. The number of carbonyl (C=O) groups is 2. The lowest BCUT2D eigenvalue weighted by Crippen LogP contribution is -2.26. The van der Waals surface area contributed by atoms with Gasteiger partial charge >= 0.3 is 5.97 Å². The Morgan fingerprint density at radius 2 is 1.50 bits per heavy atom. The first-order chi connectivity index (χ1) is 13.4. The van der Waals surface area contributed by atoms with Gasteiger partial charge in [-0.1, -0.05) is 36.4 Å². The molecule has 0 saturated carbocycles. The highest BCUT2D eigenvalue weighted by molar-refractivity contribution is 5.98. The van der Waals surface area contributed by atoms with Crippen molar-refractivity contribution in [2.24, 2.45) is 0 Å². The maximum absolute atomic E-state index is 12.9. The average Bonchev–Trinajstić information content (AvgIpc) is 2.66. The van der Waals surface area contributed by atoms with Gasteiger partial charge in [0.05, 0.1) is 5.56 Å². The molecule has 0 spiro atoms. The number of hydrogen-bond donors (Lipinski definition) is 2. The van der Waals surface area contributed by atoms with Crippen molar-refractivity contribution in [1.29, 1.82) is 0 Å². The van der Waals surface area contributed by atoms with Crippen LogP contribution >= 0.6 is 0 Å². The van der Waals surface area contributed by atoms with E-state index in [9.17, 15) is 14.7 Å². The highest BCUT2D eigenvalue weighted by Crippen LogP contribution is 2.23. The van der Waals surface area contributed by atoms with Crippen LogP contribution in [0.4, 0.5) is 5.69 Å². The molecular weight excluding hydrogens is 354 g/mol. The second-order valence-electron chi connectivity index (χ2n) is 6.61. The number of hydrogen-bond acceptors (Lipinski definition) is 4. The topological polar surface area (TPSA) is 75.6 Å². The molecule has 0 saturated heterocycles. The average molecular weight is 375 g/mol. The Bertz CT molecular complexity index is 961. The summed E-state index contributed by atoms with van der Waals surface area (Å²) in [5.74, 6) is -1.04. The van der Waals surface area contributed by atoms with E-state index in [-0.39, 0.29) is 11.3 Å². The van der Waals surface area contributed by atoms with Gasteiger partial charge in [0.25, 0.3) is 5.91 Å². The lowest BCUT2D eigenvalue weighted by molar-refractivity contribution is -0.125. The molecule has 3 rings (SSSR count). The van der Waals surface area contributed by atoms with Crippen molar-refractivity contribution in [3.8, 4) is 5.75 Å². The lowest BCUT2D eigenvalue weighted by Gasteiger charge is -2.18. The standard InChI is InChI=1S/C23H21NO4/c1-15-12-16(2)14-19(13-15)24-22(26)21(17-6-4-3-5-7-17)28-23(27)18-8-10-20(25)11-9-18/h3-14,21,25H,1-2H3,(H,24,26). The Labute approximate surface area is 163 Å². The molecule has 0 radical (unpaired) electrons. The fourth-order valence-electron chi connectivity index (χ4n) is 2.93. The molecule has 0 aromatic heterocycles. The van der Waals surface area contributed by atoms with E-state index in [1.54, 1.807) is 24.3 Å². The first kappa shape index (κ1) is 19.2. The largest absolute Gasteiger partial charge is 0.508 e. The summed E-state index contributed by atoms with van der Waals surface area (Å²) in [7, 11) is 0. The van der Waals surface area contributed by atoms with E-state index in [2.05, 4.69) is 5.32 Å². The summed E-state index contributed by atoms with van der Waals surface area (Å²) in [4.78, 5) is 25.4. The zero-order valence-corrected chi connectivity index (χ0v) is 15.7. The number of anilines is 1. The summed E-state index contributed by atoms with van der Waals surface area (Å²) in [6.45, 7) is 3.89. The molecule has 0 heterocycles. The molecule has 0 fully saturated rings. The van der Waals surface area contributed by atoms with Crippen LogP contribution in [-0.2, 0) is 9.53 Å². The normalized spacial score (nSPS) is 11.5. The van der Waals surface area contributed by atoms with Crippen LogP contribution in [0.15, 0.2) is 72.8 Å². The summed E-state index contributed by atoms with van der Waals surface area (Å²) in [5, 5.41) is 12.2. The third-order valence-corrected chi connectivity index (χ3v) is 4.16. The lowest BCUT2D eigenvalue weighted by atomic mass is 10.1. The van der Waals surface area contributed by atoms with E-state index in [4.69, 9.17) is 4.74 Å². The summed E-state index contributed by atoms with van der Waals surface area (Å²) < 4.78 is 5.52. The van der Waals surface area contributed by atoms with E-state index in [0.717, 1.165) is 11.1 Å². The summed E-state index contributed by atoms with van der Waals surface area (Å²) in [6, 6.07) is 20.2. The van der Waals surface area contributed by atoms with Gasteiger partial charge in [0.1, 0.15) is 5.75 Å². The van der Waals surface area contributed by atoms with Gasteiger partial charge in [-0.3, -0.25) is 4.79 Å². The van der Waals surface area contributed by atoms with Crippen LogP contribution in [0.3, 0.4) is 0 Å². The van der Waals surface area contributed by atoms with Gasteiger partial charge in [-0.25, -0.2) is 4.79 Å². The van der Waals surface area contributed by atoms with Crippen LogP contribution in [0, 0.1) is 13.8 Å². The number of benzene rings is 3. The van der Waals surface area contributed by atoms with Gasteiger partial charge in [-0.15, -0.1) is 0 Å². The van der Waals surface area contributed by atoms with E-state index in [1.165, 1.54) is 24.3 Å². The fourth-order valence-corrected chi connectivity index (χ4v) is 2.93. The van der Waals surface area contributed by atoms with Gasteiger partial charge in [0.2, 0.25) is 6.10 Å². The van der Waals surface area contributed by atoms with Crippen molar-refractivity contribution < 1.29 is 19.4 Å². The third-order valence-electron chi connectivity index (χ3n) is 4.16. The molecule has 3 aromatic rings. The Hall–Kier alpha value is -3.60. The van der Waals surface area contributed by atoms with Crippen molar-refractivity contribution in [2.45, 2.75) is 20.0 Å². The van der Waals surface area contributed by atoms with E-state index in [1.807, 2.05) is 38.1 Å². The van der Waals surface area contributed by atoms with Gasteiger partial charge in [0, 0.05) is 11.3 Å². The van der Waals surface area contributed by atoms with Crippen molar-refractivity contribution in [3.05, 3.63) is 95.1 Å². The molecule has 0 aliphatic carbocycles. The second-order valence-corrected chi connectivity index (χ2v) is 6.61. The molecule has 1 unspecified atom stereocenters. The Morgan fingerprint density at radius 3 is 2.11 bits per heavy atom. The summed E-state index contributed by atoms with van der Waals surface area (Å²) >= 11 is 0. The van der Waals surface area contributed by atoms with Gasteiger partial charge in [-0.05, 0) is 61.4 Å². The maximum atomic E-state index is 12.9. The number of nitrogens with one attached hydrogen (secondary N) is 1. The van der Waals surface area contributed by atoms with Crippen molar-refractivity contribution >= 4 is 17.6 Å². The molecule has 1 atom stereocenters. The van der Waals surface area contributed by atoms with E-state index in [0.29, 0.717) is 11.3 Å². The number of aromatic hydroxyl groups is 1. The molecule has 28 heavy (non-hydrogen) atoms. The van der Waals surface area contributed by atoms with Gasteiger partial charge < -0.3 is 15.2 Å². The van der Waals surface area contributed by atoms with E-state index >= 15 is 0 Å². The van der Waals surface area contributed by atoms with Crippen LogP contribution in [0.1, 0.15) is 33.2 Å². The zero-order chi connectivity index (χ0) is 20.1. The number of carbonyl (C=O) groups excluding carboxylic acids is 2. The molecule has 1 amide bonds. The number of rotatable bonds is 5. The van der Waals surface area contributed by atoms with E-state index < -0.39 is 18.0 Å². The molecule has 3 aromatic carbocycles. The minimum Gasteiger partial charge on any atom is -0.508 e. The number of esters is 1. The highest BCUT2D eigenvalue weighted by Gasteiger charge is 2.26. The van der Waals surface area contributed by atoms with Gasteiger partial charge in [-0.2, -0.15) is 0 Å². The van der Waals surface area contributed by atoms with Crippen molar-refractivity contribution in [1.82, 2.24) is 0 Å². The first-order valence-corrected chi connectivity index (χ1v) is 8.86. The molecule has 2 N–H and O–H groups in total. The Morgan fingerprint density at radius 1 is 0.893 bits per heavy atom. The monoisotopic (exact) mass is 375 g/mol. The molecule has 5 heteroatoms. The van der Waals surface area contributed by atoms with Crippen LogP contribution in [0.5, 0.6) is 5.75 Å². The second kappa shape index (κ2) is 8.39. The Kier molecular flexibility index (Phi) is 5.75. The first-order valence-electron chi connectivity index (χ1n) is 8.86. The number of aryl methyl sites for hydroxylation is 2. The number of amides is 1. The highest BCUT2D eigenvalue weighted by atomic mass is 16.5. The number of phenolic OH excluding ortho intramolecular Hbond substituents is 1. The summed E-state index contributed by atoms with van der Waals surface area (Å²) in [5.41, 5.74) is 3.50. The Balaban J connectivity index is 1.85. The minimum absolute atomic E-state index is 0.0451. The molecule has 142 valence electrons. The summed E-state index contributed by atoms with van der Waals surface area (Å²) in [6.07, 6.45) is -1.11. The third kappa shape index (κ3) is 4.76. The van der Waals surface area contributed by atoms with Crippen LogP contribution in [-0.4, -0.2) is 17.0 Å². The van der Waals surface area contributed by atoms with Crippen molar-refractivity contribution in [3.63, 3.8) is 0 Å². The predicted molar refractivity (Wildman–Crippen MR) is 107 cm³/mol. The molecule has 0 aliphatic heterocycles. The fraction of sp³-hybridized carbons (Fsp3) is 0.130. The smallest absolute Gasteiger partial charge is 0.339 e. The molecular formula is C23H21NO4. The van der Waals surface area contributed by atoms with Crippen molar-refractivity contribution in [2.75, 3.05) is 5.32 Å². The maximum Gasteiger partial charge on any atom is 0.339 e. The number of ether oxygens (including phenoxy) is 1. The quantitative estimate of drug-likeness (QED) is 0.642. The van der Waals surface area contributed by atoms with Crippen LogP contribution < -0.4 is 5.32 Å².